The summed E-state index contributed by atoms with van der Waals surface area (Å²) >= 11 is 0. The number of nitrogens with one attached hydrogen (secondary N) is 1. The van der Waals surface area contributed by atoms with Crippen LogP contribution in [0.3, 0.4) is 0 Å². The van der Waals surface area contributed by atoms with Gasteiger partial charge in [-0.25, -0.2) is 4.79 Å². The average Bonchev–Trinajstić information content (AvgIpc) is 2.71. The third-order valence-corrected chi connectivity index (χ3v) is 5.81. The van der Waals surface area contributed by atoms with Crippen molar-refractivity contribution in [1.29, 1.82) is 5.26 Å². The fourth-order valence-electron chi connectivity index (χ4n) is 3.53. The molecule has 0 unspecified atom stereocenters. The second-order valence-electron chi connectivity index (χ2n) is 8.04. The standard InChI is InChI=1S/C22H30N2O4/c1-4-22(2,3)17-7-9-18(10-8-17)24-20(25)14-28-21(26)15-27-19-11-5-16(13-23)6-12-19/h5-6,11-12,17-18H,4,7-10,14-15H2,1-3H3,(H,24,25). The first-order chi connectivity index (χ1) is 13.3. The molecule has 1 N–H and O–H groups in total. The van der Waals surface area contributed by atoms with Gasteiger partial charge < -0.3 is 14.8 Å². The van der Waals surface area contributed by atoms with Crippen molar-refractivity contribution in [2.24, 2.45) is 11.3 Å². The summed E-state index contributed by atoms with van der Waals surface area (Å²) < 4.78 is 10.3. The molecule has 1 saturated carbocycles. The molecule has 1 aromatic carbocycles. The van der Waals surface area contributed by atoms with Gasteiger partial charge in [0.25, 0.3) is 5.91 Å². The molecule has 0 radical (unpaired) electrons. The Morgan fingerprint density at radius 3 is 2.36 bits per heavy atom. The molecule has 1 aliphatic rings. The van der Waals surface area contributed by atoms with Crippen molar-refractivity contribution in [2.45, 2.75) is 58.9 Å². The summed E-state index contributed by atoms with van der Waals surface area (Å²) in [5.41, 5.74) is 0.860. The quantitative estimate of drug-likeness (QED) is 0.690. The Labute approximate surface area is 167 Å². The van der Waals surface area contributed by atoms with E-state index < -0.39 is 5.97 Å². The van der Waals surface area contributed by atoms with E-state index in [9.17, 15) is 9.59 Å². The van der Waals surface area contributed by atoms with Crippen LogP contribution in [0.25, 0.3) is 0 Å². The number of carbonyl (C=O) groups is 2. The first-order valence-electron chi connectivity index (χ1n) is 9.92. The number of nitrogens with zero attached hydrogens (tertiary/aromatic N) is 1. The summed E-state index contributed by atoms with van der Waals surface area (Å²) in [4.78, 5) is 23.8. The Kier molecular flexibility index (Phi) is 7.86. The van der Waals surface area contributed by atoms with Crippen LogP contribution in [0.2, 0.25) is 0 Å². The zero-order valence-electron chi connectivity index (χ0n) is 17.0. The summed E-state index contributed by atoms with van der Waals surface area (Å²) in [6, 6.07) is 8.58. The van der Waals surface area contributed by atoms with Crippen LogP contribution in [0.1, 0.15) is 58.4 Å². The number of ether oxygens (including phenoxy) is 2. The molecule has 152 valence electrons. The van der Waals surface area contributed by atoms with Gasteiger partial charge in [-0.3, -0.25) is 4.79 Å². The lowest BCUT2D eigenvalue weighted by Crippen LogP contribution is -2.41. The molecule has 0 bridgehead atoms. The molecule has 0 spiro atoms. The highest BCUT2D eigenvalue weighted by atomic mass is 16.6. The second-order valence-corrected chi connectivity index (χ2v) is 8.04. The van der Waals surface area contributed by atoms with Gasteiger partial charge in [-0.15, -0.1) is 0 Å². The minimum atomic E-state index is -0.604. The van der Waals surface area contributed by atoms with Gasteiger partial charge in [0.1, 0.15) is 5.75 Å². The monoisotopic (exact) mass is 386 g/mol. The van der Waals surface area contributed by atoms with Crippen LogP contribution >= 0.6 is 0 Å². The van der Waals surface area contributed by atoms with Crippen molar-refractivity contribution in [3.63, 3.8) is 0 Å². The molecule has 2 rings (SSSR count). The van der Waals surface area contributed by atoms with E-state index in [-0.39, 0.29) is 25.2 Å². The maximum atomic E-state index is 12.0. The van der Waals surface area contributed by atoms with Gasteiger partial charge in [-0.2, -0.15) is 5.26 Å². The van der Waals surface area contributed by atoms with Crippen molar-refractivity contribution >= 4 is 11.9 Å². The lowest BCUT2D eigenvalue weighted by molar-refractivity contribution is -0.150. The normalized spacial score (nSPS) is 19.4. The predicted octanol–water partition coefficient (Wildman–Crippen LogP) is 3.59. The Balaban J connectivity index is 1.64. The van der Waals surface area contributed by atoms with Gasteiger partial charge >= 0.3 is 5.97 Å². The van der Waals surface area contributed by atoms with E-state index in [1.807, 2.05) is 6.07 Å². The van der Waals surface area contributed by atoms with E-state index in [4.69, 9.17) is 14.7 Å². The fraction of sp³-hybridized carbons (Fsp3) is 0.591. The number of nitriles is 1. The van der Waals surface area contributed by atoms with E-state index in [0.717, 1.165) is 32.1 Å². The number of amides is 1. The Morgan fingerprint density at radius 1 is 1.14 bits per heavy atom. The molecule has 1 aliphatic carbocycles. The molecule has 6 nitrogen and oxygen atoms in total. The number of hydrogen-bond acceptors (Lipinski definition) is 5. The first-order valence-corrected chi connectivity index (χ1v) is 9.92. The van der Waals surface area contributed by atoms with Crippen molar-refractivity contribution in [3.05, 3.63) is 29.8 Å². The molecule has 28 heavy (non-hydrogen) atoms. The molecule has 0 aliphatic heterocycles. The van der Waals surface area contributed by atoms with Gasteiger partial charge in [0.2, 0.25) is 0 Å². The average molecular weight is 386 g/mol. The Morgan fingerprint density at radius 2 is 1.79 bits per heavy atom. The molecule has 6 heteroatoms. The molecule has 0 saturated heterocycles. The van der Waals surface area contributed by atoms with Crippen LogP contribution in [0.4, 0.5) is 0 Å². The highest BCUT2D eigenvalue weighted by Crippen LogP contribution is 2.40. The first kappa shape index (κ1) is 21.7. The van der Waals surface area contributed by atoms with Crippen molar-refractivity contribution in [2.75, 3.05) is 13.2 Å². The topological polar surface area (TPSA) is 88.4 Å². The van der Waals surface area contributed by atoms with E-state index >= 15 is 0 Å². The highest BCUT2D eigenvalue weighted by Gasteiger charge is 2.32. The number of carbonyl (C=O) groups excluding carboxylic acids is 2. The molecular weight excluding hydrogens is 356 g/mol. The van der Waals surface area contributed by atoms with E-state index in [2.05, 4.69) is 26.1 Å². The number of hydrogen-bond donors (Lipinski definition) is 1. The van der Waals surface area contributed by atoms with Gasteiger partial charge in [0.15, 0.2) is 13.2 Å². The van der Waals surface area contributed by atoms with E-state index in [1.165, 1.54) is 0 Å². The third-order valence-electron chi connectivity index (χ3n) is 5.81. The number of rotatable bonds is 8. The Hall–Kier alpha value is -2.55. The van der Waals surface area contributed by atoms with Gasteiger partial charge in [-0.05, 0) is 61.3 Å². The number of benzene rings is 1. The second kappa shape index (κ2) is 10.1. The number of esters is 1. The van der Waals surface area contributed by atoms with Crippen LogP contribution in [-0.4, -0.2) is 31.1 Å². The minimum Gasteiger partial charge on any atom is -0.482 e. The third kappa shape index (κ3) is 6.56. The molecule has 0 heterocycles. The molecule has 0 atom stereocenters. The molecule has 1 aromatic rings. The van der Waals surface area contributed by atoms with Crippen LogP contribution in [0.15, 0.2) is 24.3 Å². The van der Waals surface area contributed by atoms with E-state index in [1.54, 1.807) is 24.3 Å². The molecule has 1 amide bonds. The summed E-state index contributed by atoms with van der Waals surface area (Å²) in [5.74, 6) is 0.285. The highest BCUT2D eigenvalue weighted by molar-refractivity contribution is 5.81. The van der Waals surface area contributed by atoms with Crippen LogP contribution in [0.5, 0.6) is 5.75 Å². The van der Waals surface area contributed by atoms with Crippen molar-refractivity contribution in [1.82, 2.24) is 5.32 Å². The zero-order chi connectivity index (χ0) is 20.6. The summed E-state index contributed by atoms with van der Waals surface area (Å²) in [6.45, 7) is 6.28. The Bertz CT molecular complexity index is 698. The lowest BCUT2D eigenvalue weighted by atomic mass is 9.69. The molecular formula is C22H30N2O4. The lowest BCUT2D eigenvalue weighted by Gasteiger charge is -2.39. The maximum absolute atomic E-state index is 12.0. The molecule has 1 fully saturated rings. The van der Waals surface area contributed by atoms with Crippen molar-refractivity contribution < 1.29 is 19.1 Å². The van der Waals surface area contributed by atoms with E-state index in [0.29, 0.717) is 22.6 Å². The SMILES string of the molecule is CCC(C)(C)C1CCC(NC(=O)COC(=O)COc2ccc(C#N)cc2)CC1. The predicted molar refractivity (Wildman–Crippen MR) is 106 cm³/mol. The van der Waals surface area contributed by atoms with Crippen molar-refractivity contribution in [3.8, 4) is 11.8 Å². The zero-order valence-corrected chi connectivity index (χ0v) is 17.0. The summed E-state index contributed by atoms with van der Waals surface area (Å²) in [7, 11) is 0. The van der Waals surface area contributed by atoms with Crippen LogP contribution < -0.4 is 10.1 Å². The smallest absolute Gasteiger partial charge is 0.344 e. The largest absolute Gasteiger partial charge is 0.482 e. The summed E-state index contributed by atoms with van der Waals surface area (Å²) in [5, 5.41) is 11.7. The fourth-order valence-corrected chi connectivity index (χ4v) is 3.53. The van der Waals surface area contributed by atoms with Gasteiger partial charge in [0, 0.05) is 6.04 Å². The van der Waals surface area contributed by atoms with Gasteiger partial charge in [-0.1, -0.05) is 27.2 Å². The minimum absolute atomic E-state index is 0.157. The van der Waals surface area contributed by atoms with Crippen LogP contribution in [0, 0.1) is 22.7 Å². The van der Waals surface area contributed by atoms with Crippen LogP contribution in [-0.2, 0) is 14.3 Å². The summed E-state index contributed by atoms with van der Waals surface area (Å²) in [6.07, 6.45) is 5.33. The van der Waals surface area contributed by atoms with Gasteiger partial charge in [0.05, 0.1) is 11.6 Å². The molecule has 0 aromatic heterocycles. The maximum Gasteiger partial charge on any atom is 0.344 e.